The van der Waals surface area contributed by atoms with E-state index in [4.69, 9.17) is 9.47 Å². The van der Waals surface area contributed by atoms with Crippen LogP contribution in [-0.2, 0) is 19.1 Å². The molecule has 27 heavy (non-hydrogen) atoms. The molecular formula is C22H26O5. The van der Waals surface area contributed by atoms with Crippen molar-refractivity contribution in [3.63, 3.8) is 0 Å². The van der Waals surface area contributed by atoms with E-state index in [0.29, 0.717) is 24.8 Å². The summed E-state index contributed by atoms with van der Waals surface area (Å²) < 4.78 is 11.1. The highest BCUT2D eigenvalue weighted by Crippen LogP contribution is 2.43. The van der Waals surface area contributed by atoms with Gasteiger partial charge < -0.3 is 9.47 Å². The average Bonchev–Trinajstić information content (AvgIpc) is 3.16. The average molecular weight is 370 g/mol. The molecule has 1 aliphatic heterocycles. The number of hydrogen-bond acceptors (Lipinski definition) is 5. The van der Waals surface area contributed by atoms with Crippen LogP contribution in [0.25, 0.3) is 0 Å². The number of hydrogen-bond donors (Lipinski definition) is 0. The van der Waals surface area contributed by atoms with Gasteiger partial charge in [0.1, 0.15) is 12.2 Å². The molecule has 0 amide bonds. The topological polar surface area (TPSA) is 69.7 Å². The zero-order chi connectivity index (χ0) is 19.2. The van der Waals surface area contributed by atoms with Gasteiger partial charge in [-0.3, -0.25) is 9.59 Å². The third-order valence-electron chi connectivity index (χ3n) is 5.35. The first-order valence-corrected chi connectivity index (χ1v) is 9.75. The summed E-state index contributed by atoms with van der Waals surface area (Å²) in [5.41, 5.74) is 0.491. The number of rotatable bonds is 8. The highest BCUT2D eigenvalue weighted by Gasteiger charge is 2.50. The molecule has 4 atom stereocenters. The van der Waals surface area contributed by atoms with Gasteiger partial charge in [-0.25, -0.2) is 4.79 Å². The number of ketones is 1. The van der Waals surface area contributed by atoms with E-state index in [1.165, 1.54) is 0 Å². The van der Waals surface area contributed by atoms with Crippen LogP contribution in [0.15, 0.2) is 42.5 Å². The third-order valence-corrected chi connectivity index (χ3v) is 5.35. The second-order valence-electron chi connectivity index (χ2n) is 7.30. The molecule has 1 saturated carbocycles. The molecule has 5 heteroatoms. The summed E-state index contributed by atoms with van der Waals surface area (Å²) in [7, 11) is 0. The monoisotopic (exact) mass is 370 g/mol. The Morgan fingerprint density at radius 3 is 2.74 bits per heavy atom. The first kappa shape index (κ1) is 19.3. The van der Waals surface area contributed by atoms with Gasteiger partial charge in [0.15, 0.2) is 5.78 Å². The van der Waals surface area contributed by atoms with Crippen molar-refractivity contribution in [2.75, 3.05) is 0 Å². The highest BCUT2D eigenvalue weighted by atomic mass is 16.6. The predicted octanol–water partition coefficient (Wildman–Crippen LogP) is 3.87. The lowest BCUT2D eigenvalue weighted by molar-refractivity contribution is -0.141. The molecule has 2 aliphatic rings. The van der Waals surface area contributed by atoms with Crippen molar-refractivity contribution in [1.29, 1.82) is 0 Å². The Balaban J connectivity index is 1.67. The van der Waals surface area contributed by atoms with Gasteiger partial charge in [-0.15, -0.1) is 0 Å². The number of fused-ring (bicyclic) bond motifs is 1. The molecule has 0 N–H and O–H groups in total. The largest absolute Gasteiger partial charge is 0.462 e. The van der Waals surface area contributed by atoms with Crippen LogP contribution in [0.2, 0.25) is 0 Å². The van der Waals surface area contributed by atoms with E-state index < -0.39 is 0 Å². The van der Waals surface area contributed by atoms with Crippen LogP contribution in [-0.4, -0.2) is 29.9 Å². The molecule has 2 fully saturated rings. The lowest BCUT2D eigenvalue weighted by Gasteiger charge is -2.20. The Labute approximate surface area is 159 Å². The van der Waals surface area contributed by atoms with Crippen LogP contribution in [0.5, 0.6) is 0 Å². The maximum absolute atomic E-state index is 12.4. The van der Waals surface area contributed by atoms with E-state index >= 15 is 0 Å². The first-order valence-electron chi connectivity index (χ1n) is 9.75. The quantitative estimate of drug-likeness (QED) is 0.395. The standard InChI is InChI=1S/C22H26O5/c1-2-3-5-10-16(23)11-12-17-18-13-21(24)26-20(18)14-19(17)27-22(25)15-8-6-4-7-9-15/h4,6-9,11-12,17-20H,2-3,5,10,13-14H2,1H3/b12-11+/t17-,18?,19-,20+/m1/s1. The number of benzene rings is 1. The Bertz CT molecular complexity index is 709. The SMILES string of the molecule is CCCCCC(=O)/C=C/[C@@H]1C2CC(=O)O[C@H]2C[C@H]1OC(=O)c1ccccc1. The zero-order valence-corrected chi connectivity index (χ0v) is 15.6. The molecule has 0 aromatic heterocycles. The number of esters is 2. The van der Waals surface area contributed by atoms with E-state index in [0.717, 1.165) is 19.3 Å². The van der Waals surface area contributed by atoms with Gasteiger partial charge >= 0.3 is 11.9 Å². The van der Waals surface area contributed by atoms with Crippen LogP contribution in [0.3, 0.4) is 0 Å². The van der Waals surface area contributed by atoms with E-state index in [9.17, 15) is 14.4 Å². The van der Waals surface area contributed by atoms with Gasteiger partial charge in [0.2, 0.25) is 0 Å². The number of carbonyl (C=O) groups excluding carboxylic acids is 3. The van der Waals surface area contributed by atoms with Crippen LogP contribution >= 0.6 is 0 Å². The fourth-order valence-corrected chi connectivity index (χ4v) is 3.92. The number of allylic oxidation sites excluding steroid dienone is 1. The minimum Gasteiger partial charge on any atom is -0.462 e. The third kappa shape index (κ3) is 4.85. The van der Waals surface area contributed by atoms with Crippen LogP contribution in [0.4, 0.5) is 0 Å². The Morgan fingerprint density at radius 1 is 1.22 bits per heavy atom. The minimum atomic E-state index is -0.389. The molecule has 1 heterocycles. The fraction of sp³-hybridized carbons (Fsp3) is 0.500. The number of carbonyl (C=O) groups is 3. The zero-order valence-electron chi connectivity index (χ0n) is 15.6. The van der Waals surface area contributed by atoms with Gasteiger partial charge in [-0.2, -0.15) is 0 Å². The second kappa shape index (κ2) is 8.98. The van der Waals surface area contributed by atoms with Gasteiger partial charge in [-0.1, -0.05) is 44.0 Å². The van der Waals surface area contributed by atoms with Crippen molar-refractivity contribution >= 4 is 17.7 Å². The van der Waals surface area contributed by atoms with Crippen molar-refractivity contribution in [2.45, 2.75) is 57.7 Å². The molecule has 1 aliphatic carbocycles. The Hall–Kier alpha value is -2.43. The van der Waals surface area contributed by atoms with Gasteiger partial charge in [-0.05, 0) is 24.6 Å². The van der Waals surface area contributed by atoms with Crippen LogP contribution < -0.4 is 0 Å². The van der Waals surface area contributed by atoms with E-state index in [1.807, 2.05) is 12.1 Å². The molecule has 0 spiro atoms. The molecule has 1 aromatic carbocycles. The maximum atomic E-state index is 12.4. The van der Waals surface area contributed by atoms with Crippen LogP contribution in [0.1, 0.15) is 55.8 Å². The number of ether oxygens (including phenoxy) is 2. The number of unbranched alkanes of at least 4 members (excludes halogenated alkanes) is 2. The van der Waals surface area contributed by atoms with E-state index in [-0.39, 0.29) is 41.8 Å². The highest BCUT2D eigenvalue weighted by molar-refractivity contribution is 5.90. The van der Waals surface area contributed by atoms with Gasteiger partial charge in [0, 0.05) is 24.7 Å². The Kier molecular flexibility index (Phi) is 6.43. The summed E-state index contributed by atoms with van der Waals surface area (Å²) in [6.45, 7) is 2.10. The van der Waals surface area contributed by atoms with Crippen LogP contribution in [0, 0.1) is 11.8 Å². The summed E-state index contributed by atoms with van der Waals surface area (Å²) >= 11 is 0. The molecule has 1 saturated heterocycles. The van der Waals surface area contributed by atoms with E-state index in [1.54, 1.807) is 30.3 Å². The van der Waals surface area contributed by atoms with Gasteiger partial charge in [0.25, 0.3) is 0 Å². The minimum absolute atomic E-state index is 0.0363. The van der Waals surface area contributed by atoms with Crippen molar-refractivity contribution in [3.05, 3.63) is 48.0 Å². The Morgan fingerprint density at radius 2 is 2.00 bits per heavy atom. The van der Waals surface area contributed by atoms with Crippen molar-refractivity contribution in [2.24, 2.45) is 11.8 Å². The van der Waals surface area contributed by atoms with Gasteiger partial charge in [0.05, 0.1) is 12.0 Å². The molecule has 5 nitrogen and oxygen atoms in total. The second-order valence-corrected chi connectivity index (χ2v) is 7.30. The van der Waals surface area contributed by atoms with Crippen molar-refractivity contribution in [3.8, 4) is 0 Å². The summed E-state index contributed by atoms with van der Waals surface area (Å²) in [5.74, 6) is -0.745. The molecule has 1 aromatic rings. The molecule has 0 radical (unpaired) electrons. The van der Waals surface area contributed by atoms with E-state index in [2.05, 4.69) is 6.92 Å². The summed E-state index contributed by atoms with van der Waals surface area (Å²) in [4.78, 5) is 36.2. The molecule has 1 unspecified atom stereocenters. The van der Waals surface area contributed by atoms with Crippen molar-refractivity contribution in [1.82, 2.24) is 0 Å². The summed E-state index contributed by atoms with van der Waals surface area (Å²) in [5, 5.41) is 0. The normalized spacial score (nSPS) is 26.8. The lowest BCUT2D eigenvalue weighted by atomic mass is 9.91. The molecule has 3 rings (SSSR count). The summed E-state index contributed by atoms with van der Waals surface area (Å²) in [6, 6.07) is 8.83. The first-order chi connectivity index (χ1) is 13.1. The molecular weight excluding hydrogens is 344 g/mol. The lowest BCUT2D eigenvalue weighted by Crippen LogP contribution is -2.24. The smallest absolute Gasteiger partial charge is 0.338 e. The van der Waals surface area contributed by atoms with Crippen molar-refractivity contribution < 1.29 is 23.9 Å². The fourth-order valence-electron chi connectivity index (χ4n) is 3.92. The predicted molar refractivity (Wildman–Crippen MR) is 100 cm³/mol. The maximum Gasteiger partial charge on any atom is 0.338 e. The molecule has 0 bridgehead atoms. The molecule has 144 valence electrons. The summed E-state index contributed by atoms with van der Waals surface area (Å²) in [6.07, 6.45) is 7.08.